The molecule has 2 amide bonds. The third-order valence-corrected chi connectivity index (χ3v) is 5.48. The molecule has 1 aliphatic rings. The molecular formula is C21H21F3N2O4. The maximum absolute atomic E-state index is 14.2. The van der Waals surface area contributed by atoms with Crippen molar-refractivity contribution in [2.75, 3.05) is 21.2 Å². The Balaban J connectivity index is 2.24. The summed E-state index contributed by atoms with van der Waals surface area (Å²) in [5.41, 5.74) is -3.44. The van der Waals surface area contributed by atoms with Crippen LogP contribution < -0.4 is 4.74 Å². The molecule has 0 radical (unpaired) electrons. The van der Waals surface area contributed by atoms with Crippen LogP contribution in [0.2, 0.25) is 0 Å². The average molecular weight is 422 g/mol. The van der Waals surface area contributed by atoms with Gasteiger partial charge in [-0.3, -0.25) is 9.69 Å². The van der Waals surface area contributed by atoms with Gasteiger partial charge in [0.15, 0.2) is 5.78 Å². The van der Waals surface area contributed by atoms with E-state index in [2.05, 4.69) is 0 Å². The van der Waals surface area contributed by atoms with Crippen LogP contribution in [0.5, 0.6) is 5.75 Å². The number of hydrogen-bond donors (Lipinski definition) is 1. The maximum Gasteiger partial charge on any atom is 0.437 e. The molecule has 1 aliphatic heterocycles. The van der Waals surface area contributed by atoms with Crippen LogP contribution in [0.3, 0.4) is 0 Å². The molecule has 2 aromatic rings. The van der Waals surface area contributed by atoms with Gasteiger partial charge in [0.1, 0.15) is 11.7 Å². The molecule has 6 nitrogen and oxygen atoms in total. The molecule has 9 heteroatoms. The van der Waals surface area contributed by atoms with Crippen molar-refractivity contribution in [2.24, 2.45) is 5.92 Å². The van der Waals surface area contributed by atoms with Gasteiger partial charge >= 0.3 is 12.2 Å². The number of urea groups is 1. The smallest absolute Gasteiger partial charge is 0.437 e. The topological polar surface area (TPSA) is 70.1 Å². The van der Waals surface area contributed by atoms with E-state index in [1.54, 1.807) is 6.07 Å². The van der Waals surface area contributed by atoms with Gasteiger partial charge in [0.05, 0.1) is 13.2 Å². The number of rotatable bonds is 4. The van der Waals surface area contributed by atoms with Gasteiger partial charge in [-0.25, -0.2) is 4.79 Å². The monoisotopic (exact) mass is 422 g/mol. The second-order valence-electron chi connectivity index (χ2n) is 7.10. The van der Waals surface area contributed by atoms with E-state index < -0.39 is 35.7 Å². The van der Waals surface area contributed by atoms with Gasteiger partial charge in [0, 0.05) is 19.7 Å². The van der Waals surface area contributed by atoms with Crippen LogP contribution in [-0.4, -0.2) is 59.8 Å². The zero-order valence-electron chi connectivity index (χ0n) is 16.6. The largest absolute Gasteiger partial charge is 0.497 e. The van der Waals surface area contributed by atoms with Gasteiger partial charge in [-0.15, -0.1) is 0 Å². The number of ether oxygens (including phenoxy) is 1. The molecule has 1 saturated heterocycles. The third kappa shape index (κ3) is 3.28. The van der Waals surface area contributed by atoms with Crippen LogP contribution in [0.4, 0.5) is 18.0 Å². The highest BCUT2D eigenvalue weighted by atomic mass is 19.4. The summed E-state index contributed by atoms with van der Waals surface area (Å²) < 4.78 is 47.6. The first-order chi connectivity index (χ1) is 14.0. The maximum atomic E-state index is 14.2. The van der Waals surface area contributed by atoms with Crippen molar-refractivity contribution in [1.82, 2.24) is 9.80 Å². The van der Waals surface area contributed by atoms with Gasteiger partial charge in [0.2, 0.25) is 0 Å². The van der Waals surface area contributed by atoms with E-state index in [1.165, 1.54) is 62.7 Å². The molecule has 0 aliphatic carbocycles. The second kappa shape index (κ2) is 7.64. The predicted octanol–water partition coefficient (Wildman–Crippen LogP) is 3.48. The van der Waals surface area contributed by atoms with Gasteiger partial charge in [0.25, 0.3) is 5.72 Å². The lowest BCUT2D eigenvalue weighted by atomic mass is 9.75. The van der Waals surface area contributed by atoms with Crippen molar-refractivity contribution >= 4 is 11.8 Å². The molecular weight excluding hydrogens is 401 g/mol. The molecule has 1 fully saturated rings. The number of amides is 2. The fourth-order valence-electron chi connectivity index (χ4n) is 3.85. The number of carbonyl (C=O) groups is 2. The van der Waals surface area contributed by atoms with E-state index >= 15 is 0 Å². The number of carbonyl (C=O) groups excluding carboxylic acids is 2. The zero-order chi connectivity index (χ0) is 22.3. The summed E-state index contributed by atoms with van der Waals surface area (Å²) in [6.07, 6.45) is -5.28. The average Bonchev–Trinajstić information content (AvgIpc) is 2.74. The van der Waals surface area contributed by atoms with Gasteiger partial charge in [-0.1, -0.05) is 42.5 Å². The summed E-state index contributed by atoms with van der Waals surface area (Å²) in [4.78, 5) is 27.2. The SMILES string of the molecule is COc1ccc([C@@H]2[C@@H](C(=O)c3ccccc3)[C@](O)(C(F)(F)F)N(C)C(=O)N2C)cc1. The first-order valence-corrected chi connectivity index (χ1v) is 9.07. The minimum absolute atomic E-state index is 0.000152. The highest BCUT2D eigenvalue weighted by Crippen LogP contribution is 2.50. The standard InChI is InChI=1S/C21H21F3N2O4/c1-25-17(13-9-11-15(30-3)12-10-13)16(18(27)14-7-5-4-6-8-14)20(29,21(22,23)24)26(2)19(25)28/h4-12,16-17,29H,1-3H3/t16-,17+,20-/m0/s1. The highest BCUT2D eigenvalue weighted by molar-refractivity contribution is 6.00. The molecule has 1 N–H and O–H groups in total. The summed E-state index contributed by atoms with van der Waals surface area (Å²) in [7, 11) is 3.57. The Hall–Kier alpha value is -3.07. The van der Waals surface area contributed by atoms with E-state index in [9.17, 15) is 27.9 Å². The van der Waals surface area contributed by atoms with Crippen molar-refractivity contribution in [2.45, 2.75) is 17.9 Å². The first kappa shape index (κ1) is 21.6. The number of aliphatic hydroxyl groups is 1. The van der Waals surface area contributed by atoms with E-state index in [4.69, 9.17) is 4.74 Å². The Kier molecular flexibility index (Phi) is 5.51. The Morgan fingerprint density at radius 3 is 2.13 bits per heavy atom. The molecule has 0 bridgehead atoms. The predicted molar refractivity (Wildman–Crippen MR) is 102 cm³/mol. The lowest BCUT2D eigenvalue weighted by Crippen LogP contribution is -2.73. The fourth-order valence-corrected chi connectivity index (χ4v) is 3.85. The van der Waals surface area contributed by atoms with Crippen LogP contribution in [0.15, 0.2) is 54.6 Å². The number of ketones is 1. The van der Waals surface area contributed by atoms with Crippen LogP contribution >= 0.6 is 0 Å². The highest BCUT2D eigenvalue weighted by Gasteiger charge is 2.70. The number of alkyl halides is 3. The van der Waals surface area contributed by atoms with Crippen molar-refractivity contribution in [3.05, 3.63) is 65.7 Å². The van der Waals surface area contributed by atoms with E-state index in [0.29, 0.717) is 5.75 Å². The van der Waals surface area contributed by atoms with Crippen LogP contribution in [0, 0.1) is 5.92 Å². The summed E-state index contributed by atoms with van der Waals surface area (Å²) >= 11 is 0. The fraction of sp³-hybridized carbons (Fsp3) is 0.333. The lowest BCUT2D eigenvalue weighted by Gasteiger charge is -2.53. The van der Waals surface area contributed by atoms with Crippen LogP contribution in [-0.2, 0) is 0 Å². The number of halogens is 3. The van der Waals surface area contributed by atoms with Crippen LogP contribution in [0.25, 0.3) is 0 Å². The van der Waals surface area contributed by atoms with Gasteiger partial charge in [-0.05, 0) is 17.7 Å². The number of nitrogens with zero attached hydrogens (tertiary/aromatic N) is 2. The van der Waals surface area contributed by atoms with E-state index in [-0.39, 0.29) is 16.0 Å². The van der Waals surface area contributed by atoms with Crippen molar-refractivity contribution in [3.63, 3.8) is 0 Å². The van der Waals surface area contributed by atoms with Crippen molar-refractivity contribution in [1.29, 1.82) is 0 Å². The zero-order valence-corrected chi connectivity index (χ0v) is 16.6. The molecule has 2 aromatic carbocycles. The van der Waals surface area contributed by atoms with Crippen LogP contribution in [0.1, 0.15) is 22.0 Å². The van der Waals surface area contributed by atoms with Crippen molar-refractivity contribution in [3.8, 4) is 5.75 Å². The second-order valence-corrected chi connectivity index (χ2v) is 7.10. The van der Waals surface area contributed by atoms with Gasteiger partial charge < -0.3 is 14.7 Å². The molecule has 0 saturated carbocycles. The number of benzene rings is 2. The summed E-state index contributed by atoms with van der Waals surface area (Å²) in [5, 5.41) is 10.9. The molecule has 0 aromatic heterocycles. The molecule has 0 unspecified atom stereocenters. The molecule has 0 spiro atoms. The minimum Gasteiger partial charge on any atom is -0.497 e. The van der Waals surface area contributed by atoms with Gasteiger partial charge in [-0.2, -0.15) is 13.2 Å². The van der Waals surface area contributed by atoms with Crippen molar-refractivity contribution < 1.29 is 32.6 Å². The summed E-state index contributed by atoms with van der Waals surface area (Å²) in [5.74, 6) is -2.50. The lowest BCUT2D eigenvalue weighted by molar-refractivity contribution is -0.328. The minimum atomic E-state index is -5.28. The molecule has 30 heavy (non-hydrogen) atoms. The summed E-state index contributed by atoms with van der Waals surface area (Å²) in [6.45, 7) is 0. The van der Waals surface area contributed by atoms with E-state index in [1.807, 2.05) is 0 Å². The Labute approximate surface area is 171 Å². The first-order valence-electron chi connectivity index (χ1n) is 9.07. The third-order valence-electron chi connectivity index (χ3n) is 5.48. The van der Waals surface area contributed by atoms with E-state index in [0.717, 1.165) is 11.9 Å². The summed E-state index contributed by atoms with van der Waals surface area (Å²) in [6, 6.07) is 11.0. The Morgan fingerprint density at radius 2 is 1.63 bits per heavy atom. The molecule has 1 heterocycles. The molecule has 3 atom stereocenters. The number of methoxy groups -OCH3 is 1. The quantitative estimate of drug-likeness (QED) is 0.766. The Morgan fingerprint density at radius 1 is 1.07 bits per heavy atom. The number of Topliss-reactive ketones (excluding diaryl/α,β-unsaturated/α-hetero) is 1. The molecule has 160 valence electrons. The molecule has 3 rings (SSSR count). The Bertz CT molecular complexity index is 934. The normalized spacial score (nSPS) is 24.7. The number of hydrogen-bond acceptors (Lipinski definition) is 4.